The van der Waals surface area contributed by atoms with E-state index in [1.807, 2.05) is 62.4 Å². The third-order valence-corrected chi connectivity index (χ3v) is 4.17. The van der Waals surface area contributed by atoms with Crippen molar-refractivity contribution < 1.29 is 9.21 Å². The lowest BCUT2D eigenvalue weighted by molar-refractivity contribution is -0.122. The highest BCUT2D eigenvalue weighted by atomic mass is 16.3. The molecule has 118 valence electrons. The number of benzene rings is 2. The number of carbonyl (C=O) groups is 1. The molecule has 1 heterocycles. The Bertz CT molecular complexity index is 792. The first-order valence-corrected chi connectivity index (χ1v) is 7.95. The van der Waals surface area contributed by atoms with Crippen LogP contribution in [0.2, 0.25) is 0 Å². The molecule has 0 saturated heterocycles. The van der Waals surface area contributed by atoms with Crippen molar-refractivity contribution in [2.75, 3.05) is 0 Å². The van der Waals surface area contributed by atoms with Crippen LogP contribution in [-0.4, -0.2) is 11.9 Å². The molecule has 3 rings (SSSR count). The summed E-state index contributed by atoms with van der Waals surface area (Å²) in [6, 6.07) is 17.9. The molecule has 3 nitrogen and oxygen atoms in total. The zero-order valence-corrected chi connectivity index (χ0v) is 13.5. The number of hydrogen-bond acceptors (Lipinski definition) is 2. The number of furan rings is 1. The van der Waals surface area contributed by atoms with Gasteiger partial charge in [-0.1, -0.05) is 48.5 Å². The van der Waals surface area contributed by atoms with Crippen molar-refractivity contribution in [3.8, 4) is 0 Å². The maximum atomic E-state index is 12.4. The fraction of sp³-hybridized carbons (Fsp3) is 0.250. The Balaban J connectivity index is 1.65. The van der Waals surface area contributed by atoms with Crippen LogP contribution in [0.4, 0.5) is 0 Å². The zero-order chi connectivity index (χ0) is 16.2. The van der Waals surface area contributed by atoms with Crippen molar-refractivity contribution in [2.45, 2.75) is 32.2 Å². The topological polar surface area (TPSA) is 42.2 Å². The Hall–Kier alpha value is -2.55. The summed E-state index contributed by atoms with van der Waals surface area (Å²) in [7, 11) is 0. The molecule has 1 aromatic heterocycles. The Morgan fingerprint density at radius 2 is 1.74 bits per heavy atom. The van der Waals surface area contributed by atoms with Gasteiger partial charge in [0.05, 0.1) is 12.2 Å². The third kappa shape index (κ3) is 3.45. The molecular weight excluding hydrogens is 286 g/mol. The summed E-state index contributed by atoms with van der Waals surface area (Å²) in [6.07, 6.45) is 2.54. The average Bonchev–Trinajstić information content (AvgIpc) is 2.98. The summed E-state index contributed by atoms with van der Waals surface area (Å²) in [4.78, 5) is 12.4. The number of rotatable bonds is 5. The highest BCUT2D eigenvalue weighted by Crippen LogP contribution is 2.22. The van der Waals surface area contributed by atoms with E-state index in [9.17, 15) is 4.79 Å². The first-order chi connectivity index (χ1) is 11.1. The van der Waals surface area contributed by atoms with Crippen LogP contribution in [0.1, 0.15) is 30.9 Å². The van der Waals surface area contributed by atoms with Crippen LogP contribution in [0.3, 0.4) is 0 Å². The van der Waals surface area contributed by atoms with E-state index in [0.29, 0.717) is 0 Å². The molecule has 3 aromatic rings. The summed E-state index contributed by atoms with van der Waals surface area (Å²) in [6.45, 7) is 3.96. The summed E-state index contributed by atoms with van der Waals surface area (Å²) in [5.41, 5.74) is 3.05. The van der Waals surface area contributed by atoms with Crippen LogP contribution in [0.25, 0.3) is 11.0 Å². The number of fused-ring (bicyclic) bond motifs is 1. The largest absolute Gasteiger partial charge is 0.464 e. The fourth-order valence-corrected chi connectivity index (χ4v) is 2.83. The standard InChI is InChI=1S/C20H21NO2/c1-14(12-17-13-23-19-11-7-6-10-18(17)19)21-20(22)15(2)16-8-4-3-5-9-16/h3-11,13-15H,12H2,1-2H3,(H,21,22)/t14-,15-/m1/s1. The minimum atomic E-state index is -0.153. The van der Waals surface area contributed by atoms with Gasteiger partial charge in [-0.25, -0.2) is 0 Å². The van der Waals surface area contributed by atoms with Gasteiger partial charge in [0.25, 0.3) is 0 Å². The second kappa shape index (κ2) is 6.69. The molecule has 1 amide bonds. The van der Waals surface area contributed by atoms with Crippen molar-refractivity contribution in [2.24, 2.45) is 0 Å². The molecule has 0 saturated carbocycles. The van der Waals surface area contributed by atoms with Gasteiger partial charge in [0, 0.05) is 17.0 Å². The molecule has 1 N–H and O–H groups in total. The summed E-state index contributed by atoms with van der Waals surface area (Å²) < 4.78 is 5.56. The molecule has 0 radical (unpaired) electrons. The van der Waals surface area contributed by atoms with E-state index in [2.05, 4.69) is 11.4 Å². The Morgan fingerprint density at radius 3 is 2.52 bits per heavy atom. The van der Waals surface area contributed by atoms with Crippen molar-refractivity contribution in [1.82, 2.24) is 5.32 Å². The second-order valence-corrected chi connectivity index (χ2v) is 6.00. The minimum absolute atomic E-state index is 0.0506. The van der Waals surface area contributed by atoms with E-state index in [1.54, 1.807) is 6.26 Å². The number of carbonyl (C=O) groups excluding carboxylic acids is 1. The predicted octanol–water partition coefficient (Wildman–Crippen LogP) is 4.28. The zero-order valence-electron chi connectivity index (χ0n) is 13.5. The van der Waals surface area contributed by atoms with Gasteiger partial charge >= 0.3 is 0 Å². The van der Waals surface area contributed by atoms with Gasteiger partial charge in [0.15, 0.2) is 0 Å². The maximum Gasteiger partial charge on any atom is 0.227 e. The molecule has 2 atom stereocenters. The van der Waals surface area contributed by atoms with Crippen molar-refractivity contribution >= 4 is 16.9 Å². The number of nitrogens with one attached hydrogen (secondary N) is 1. The van der Waals surface area contributed by atoms with Crippen molar-refractivity contribution in [3.63, 3.8) is 0 Å². The SMILES string of the molecule is C[C@H](Cc1coc2ccccc12)NC(=O)[C@H](C)c1ccccc1. The van der Waals surface area contributed by atoms with Gasteiger partial charge < -0.3 is 9.73 Å². The van der Waals surface area contributed by atoms with Crippen LogP contribution in [0.15, 0.2) is 65.3 Å². The first-order valence-electron chi connectivity index (χ1n) is 7.95. The summed E-state index contributed by atoms with van der Waals surface area (Å²) in [5.74, 6) is -0.101. The van der Waals surface area contributed by atoms with E-state index < -0.39 is 0 Å². The third-order valence-electron chi connectivity index (χ3n) is 4.17. The van der Waals surface area contributed by atoms with Crippen LogP contribution in [0, 0.1) is 0 Å². The van der Waals surface area contributed by atoms with Gasteiger partial charge in [-0.2, -0.15) is 0 Å². The number of hydrogen-bond donors (Lipinski definition) is 1. The van der Waals surface area contributed by atoms with Crippen molar-refractivity contribution in [3.05, 3.63) is 72.0 Å². The second-order valence-electron chi connectivity index (χ2n) is 6.00. The van der Waals surface area contributed by atoms with Gasteiger partial charge in [-0.05, 0) is 31.9 Å². The molecule has 0 fully saturated rings. The highest BCUT2D eigenvalue weighted by molar-refractivity contribution is 5.84. The molecule has 0 bridgehead atoms. The lowest BCUT2D eigenvalue weighted by Gasteiger charge is -2.17. The summed E-state index contributed by atoms with van der Waals surface area (Å²) >= 11 is 0. The quantitative estimate of drug-likeness (QED) is 0.764. The maximum absolute atomic E-state index is 12.4. The van der Waals surface area contributed by atoms with Gasteiger partial charge in [0.1, 0.15) is 5.58 Å². The Kier molecular flexibility index (Phi) is 4.47. The predicted molar refractivity (Wildman–Crippen MR) is 92.4 cm³/mol. The molecule has 0 aliphatic rings. The fourth-order valence-electron chi connectivity index (χ4n) is 2.83. The molecule has 2 aromatic carbocycles. The number of para-hydroxylation sites is 1. The smallest absolute Gasteiger partial charge is 0.227 e. The number of amides is 1. The van der Waals surface area contributed by atoms with Crippen LogP contribution < -0.4 is 5.32 Å². The van der Waals surface area contributed by atoms with Crippen molar-refractivity contribution in [1.29, 1.82) is 0 Å². The summed E-state index contributed by atoms with van der Waals surface area (Å²) in [5, 5.41) is 4.22. The molecule has 0 spiro atoms. The van der Waals surface area contributed by atoms with E-state index >= 15 is 0 Å². The first kappa shape index (κ1) is 15.3. The lowest BCUT2D eigenvalue weighted by Crippen LogP contribution is -2.36. The Morgan fingerprint density at radius 1 is 1.04 bits per heavy atom. The highest BCUT2D eigenvalue weighted by Gasteiger charge is 2.18. The average molecular weight is 307 g/mol. The monoisotopic (exact) mass is 307 g/mol. The van der Waals surface area contributed by atoms with Gasteiger partial charge in [-0.3, -0.25) is 4.79 Å². The molecule has 0 aliphatic carbocycles. The molecule has 23 heavy (non-hydrogen) atoms. The molecule has 0 aliphatic heterocycles. The minimum Gasteiger partial charge on any atom is -0.464 e. The van der Waals surface area contributed by atoms with E-state index in [0.717, 1.165) is 28.5 Å². The van der Waals surface area contributed by atoms with Gasteiger partial charge in [-0.15, -0.1) is 0 Å². The van der Waals surface area contributed by atoms with Gasteiger partial charge in [0.2, 0.25) is 5.91 Å². The molecule has 3 heteroatoms. The van der Waals surface area contributed by atoms with Crippen LogP contribution in [0.5, 0.6) is 0 Å². The Labute approximate surface area is 136 Å². The lowest BCUT2D eigenvalue weighted by atomic mass is 9.99. The molecular formula is C20H21NO2. The van der Waals surface area contributed by atoms with E-state index in [-0.39, 0.29) is 17.9 Å². The molecule has 0 unspecified atom stereocenters. The van der Waals surface area contributed by atoms with E-state index in [4.69, 9.17) is 4.42 Å². The van der Waals surface area contributed by atoms with Crippen LogP contribution >= 0.6 is 0 Å². The van der Waals surface area contributed by atoms with E-state index in [1.165, 1.54) is 0 Å². The normalized spacial score (nSPS) is 13.7. The van der Waals surface area contributed by atoms with Crippen LogP contribution in [-0.2, 0) is 11.2 Å².